The summed E-state index contributed by atoms with van der Waals surface area (Å²) < 4.78 is 5.04. The van der Waals surface area contributed by atoms with Crippen molar-refractivity contribution in [2.24, 2.45) is 0 Å². The molecule has 1 heterocycles. The first-order chi connectivity index (χ1) is 12.6. The average molecular weight is 352 g/mol. The van der Waals surface area contributed by atoms with Crippen LogP contribution >= 0.6 is 0 Å². The van der Waals surface area contributed by atoms with Gasteiger partial charge in [0.15, 0.2) is 0 Å². The lowest BCUT2D eigenvalue weighted by Gasteiger charge is -2.50. The van der Waals surface area contributed by atoms with Crippen molar-refractivity contribution in [3.05, 3.63) is 71.8 Å². The maximum atomic E-state index is 12.8. The molecule has 0 spiro atoms. The Morgan fingerprint density at radius 1 is 1.12 bits per heavy atom. The van der Waals surface area contributed by atoms with Crippen LogP contribution in [0.1, 0.15) is 30.5 Å². The largest absolute Gasteiger partial charge is 0.467 e. The molecule has 0 bridgehead atoms. The van der Waals surface area contributed by atoms with Crippen LogP contribution in [0.2, 0.25) is 0 Å². The molecule has 1 aliphatic heterocycles. The highest BCUT2D eigenvalue weighted by Crippen LogP contribution is 2.36. The Labute approximate surface area is 154 Å². The summed E-state index contributed by atoms with van der Waals surface area (Å²) >= 11 is 0. The molecule has 0 aliphatic carbocycles. The lowest BCUT2D eigenvalue weighted by molar-refractivity contribution is -0.161. The third kappa shape index (κ3) is 3.43. The number of carbonyl (C=O) groups is 2. The number of likely N-dealkylation sites (tertiary alicyclic amines) is 1. The molecule has 5 nitrogen and oxygen atoms in total. The third-order valence-electron chi connectivity index (χ3n) is 5.06. The number of ether oxygens (including phenoxy) is 1. The van der Waals surface area contributed by atoms with Crippen LogP contribution in [0.3, 0.4) is 0 Å². The minimum Gasteiger partial charge on any atom is -0.467 e. The first-order valence-corrected chi connectivity index (χ1v) is 8.82. The van der Waals surface area contributed by atoms with E-state index in [0.29, 0.717) is 19.4 Å². The Balaban J connectivity index is 1.77. The quantitative estimate of drug-likeness (QED) is 0.840. The van der Waals surface area contributed by atoms with Crippen molar-refractivity contribution in [3.63, 3.8) is 0 Å². The molecular weight excluding hydrogens is 328 g/mol. The first kappa shape index (κ1) is 18.0. The zero-order valence-corrected chi connectivity index (χ0v) is 15.1. The Morgan fingerprint density at radius 3 is 2.27 bits per heavy atom. The van der Waals surface area contributed by atoms with Crippen molar-refractivity contribution < 1.29 is 14.3 Å². The van der Waals surface area contributed by atoms with E-state index in [-0.39, 0.29) is 18.0 Å². The summed E-state index contributed by atoms with van der Waals surface area (Å²) in [5.41, 5.74) is 1.09. The van der Waals surface area contributed by atoms with Gasteiger partial charge in [-0.1, -0.05) is 60.7 Å². The molecule has 1 aliphatic rings. The highest BCUT2D eigenvalue weighted by atomic mass is 16.5. The highest BCUT2D eigenvalue weighted by Gasteiger charge is 2.54. The second-order valence-electron chi connectivity index (χ2n) is 6.67. The van der Waals surface area contributed by atoms with Gasteiger partial charge >= 0.3 is 12.0 Å². The van der Waals surface area contributed by atoms with Crippen molar-refractivity contribution in [1.29, 1.82) is 0 Å². The fourth-order valence-corrected chi connectivity index (χ4v) is 3.47. The molecular formula is C21H24N2O3. The molecule has 2 aromatic rings. The number of urea groups is 1. The molecule has 2 amide bonds. The average Bonchev–Trinajstić information content (AvgIpc) is 2.66. The van der Waals surface area contributed by atoms with Gasteiger partial charge in [0, 0.05) is 13.0 Å². The molecule has 136 valence electrons. The van der Waals surface area contributed by atoms with E-state index in [1.54, 1.807) is 4.90 Å². The molecule has 1 fully saturated rings. The van der Waals surface area contributed by atoms with E-state index in [9.17, 15) is 9.59 Å². The van der Waals surface area contributed by atoms with Crippen molar-refractivity contribution in [2.45, 2.75) is 31.3 Å². The molecule has 0 saturated carbocycles. The van der Waals surface area contributed by atoms with Gasteiger partial charge in [-0.15, -0.1) is 0 Å². The van der Waals surface area contributed by atoms with Crippen LogP contribution in [0.4, 0.5) is 4.79 Å². The summed E-state index contributed by atoms with van der Waals surface area (Å²) in [4.78, 5) is 27.0. The number of methoxy groups -OCH3 is 1. The summed E-state index contributed by atoms with van der Waals surface area (Å²) in [6.07, 6.45) is 1.05. The van der Waals surface area contributed by atoms with Crippen molar-refractivity contribution in [2.75, 3.05) is 13.7 Å². The summed E-state index contributed by atoms with van der Waals surface area (Å²) in [5, 5.41) is 3.00. The molecule has 1 N–H and O–H groups in total. The summed E-state index contributed by atoms with van der Waals surface area (Å²) in [7, 11) is 1.37. The SMILES string of the molecule is COC(=O)C1(Cc2ccccc2)CCN1C(=O)N[C@H](C)c1ccccc1. The second kappa shape index (κ2) is 7.60. The van der Waals surface area contributed by atoms with Crippen LogP contribution in [-0.4, -0.2) is 36.1 Å². The number of hydrogen-bond donors (Lipinski definition) is 1. The van der Waals surface area contributed by atoms with Crippen LogP contribution in [0.5, 0.6) is 0 Å². The van der Waals surface area contributed by atoms with Crippen molar-refractivity contribution >= 4 is 12.0 Å². The van der Waals surface area contributed by atoms with Gasteiger partial charge in [-0.2, -0.15) is 0 Å². The smallest absolute Gasteiger partial charge is 0.332 e. The molecule has 26 heavy (non-hydrogen) atoms. The Kier molecular flexibility index (Phi) is 5.26. The van der Waals surface area contributed by atoms with Crippen LogP contribution in [0, 0.1) is 0 Å². The van der Waals surface area contributed by atoms with Gasteiger partial charge in [-0.05, 0) is 24.5 Å². The molecule has 5 heteroatoms. The Hall–Kier alpha value is -2.82. The standard InChI is InChI=1S/C21H24N2O3/c1-16(18-11-7-4-8-12-18)22-20(25)23-14-13-21(23,19(24)26-2)15-17-9-5-3-6-10-17/h3-12,16H,13-15H2,1-2H3,(H,22,25)/t16-,21?/m1/s1. The number of benzene rings is 2. The van der Waals surface area contributed by atoms with Crippen LogP contribution in [0.15, 0.2) is 60.7 Å². The van der Waals surface area contributed by atoms with Crippen molar-refractivity contribution in [1.82, 2.24) is 10.2 Å². The van der Waals surface area contributed by atoms with E-state index in [0.717, 1.165) is 11.1 Å². The Morgan fingerprint density at radius 2 is 1.73 bits per heavy atom. The minimum absolute atomic E-state index is 0.142. The molecule has 3 rings (SSSR count). The molecule has 0 aromatic heterocycles. The topological polar surface area (TPSA) is 58.6 Å². The first-order valence-electron chi connectivity index (χ1n) is 8.82. The highest BCUT2D eigenvalue weighted by molar-refractivity contribution is 5.90. The number of carbonyl (C=O) groups excluding carboxylic acids is 2. The third-order valence-corrected chi connectivity index (χ3v) is 5.06. The monoisotopic (exact) mass is 352 g/mol. The fourth-order valence-electron chi connectivity index (χ4n) is 3.47. The molecule has 1 saturated heterocycles. The fraction of sp³-hybridized carbons (Fsp3) is 0.333. The number of esters is 1. The number of hydrogen-bond acceptors (Lipinski definition) is 3. The van der Waals surface area contributed by atoms with Crippen LogP contribution < -0.4 is 5.32 Å². The van der Waals surface area contributed by atoms with Crippen LogP contribution in [0.25, 0.3) is 0 Å². The maximum Gasteiger partial charge on any atom is 0.332 e. The van der Waals surface area contributed by atoms with Gasteiger partial charge < -0.3 is 15.0 Å². The van der Waals surface area contributed by atoms with Gasteiger partial charge in [-0.3, -0.25) is 0 Å². The molecule has 1 unspecified atom stereocenters. The lowest BCUT2D eigenvalue weighted by atomic mass is 9.79. The molecule has 2 atom stereocenters. The van der Waals surface area contributed by atoms with E-state index in [1.807, 2.05) is 67.6 Å². The van der Waals surface area contributed by atoms with Gasteiger partial charge in [0.2, 0.25) is 0 Å². The number of nitrogens with one attached hydrogen (secondary N) is 1. The van der Waals surface area contributed by atoms with E-state index in [2.05, 4.69) is 5.32 Å². The van der Waals surface area contributed by atoms with Crippen molar-refractivity contribution in [3.8, 4) is 0 Å². The molecule has 2 aromatic carbocycles. The van der Waals surface area contributed by atoms with Crippen LogP contribution in [-0.2, 0) is 16.0 Å². The maximum absolute atomic E-state index is 12.8. The zero-order valence-electron chi connectivity index (χ0n) is 15.1. The number of rotatable bonds is 5. The van der Waals surface area contributed by atoms with E-state index < -0.39 is 5.54 Å². The lowest BCUT2D eigenvalue weighted by Crippen LogP contribution is -2.69. The summed E-state index contributed by atoms with van der Waals surface area (Å²) in [6.45, 7) is 2.47. The zero-order chi connectivity index (χ0) is 18.6. The predicted octanol–water partition coefficient (Wildman–Crippen LogP) is 3.32. The Bertz CT molecular complexity index is 763. The molecule has 0 radical (unpaired) electrons. The normalized spacial score (nSPS) is 20.0. The number of nitrogens with zero attached hydrogens (tertiary/aromatic N) is 1. The summed E-state index contributed by atoms with van der Waals surface area (Å²) in [6, 6.07) is 19.1. The van der Waals surface area contributed by atoms with Gasteiger partial charge in [0.1, 0.15) is 5.54 Å². The predicted molar refractivity (Wildman–Crippen MR) is 99.6 cm³/mol. The van der Waals surface area contributed by atoms with Gasteiger partial charge in [0.25, 0.3) is 0 Å². The number of amides is 2. The van der Waals surface area contributed by atoms with Gasteiger partial charge in [0.05, 0.1) is 13.2 Å². The summed E-state index contributed by atoms with van der Waals surface area (Å²) in [5.74, 6) is -0.366. The van der Waals surface area contributed by atoms with E-state index in [4.69, 9.17) is 4.74 Å². The minimum atomic E-state index is -0.934. The van der Waals surface area contributed by atoms with E-state index >= 15 is 0 Å². The van der Waals surface area contributed by atoms with E-state index in [1.165, 1.54) is 7.11 Å². The second-order valence-corrected chi connectivity index (χ2v) is 6.67. The van der Waals surface area contributed by atoms with Gasteiger partial charge in [-0.25, -0.2) is 9.59 Å².